The van der Waals surface area contributed by atoms with E-state index in [0.717, 1.165) is 48.1 Å². The fourth-order valence-electron chi connectivity index (χ4n) is 7.46. The van der Waals surface area contributed by atoms with E-state index in [2.05, 4.69) is 5.32 Å². The molecule has 0 aromatic heterocycles. The first-order valence-corrected chi connectivity index (χ1v) is 11.5. The van der Waals surface area contributed by atoms with E-state index in [0.29, 0.717) is 18.4 Å². The van der Waals surface area contributed by atoms with Crippen molar-refractivity contribution in [1.82, 2.24) is 5.32 Å². The van der Waals surface area contributed by atoms with Crippen LogP contribution in [0.1, 0.15) is 63.4 Å². The van der Waals surface area contributed by atoms with Crippen LogP contribution in [0.2, 0.25) is 5.02 Å². The number of methoxy groups -OCH3 is 1. The summed E-state index contributed by atoms with van der Waals surface area (Å²) in [5.41, 5.74) is 0.567. The molecule has 0 radical (unpaired) electrons. The summed E-state index contributed by atoms with van der Waals surface area (Å²) in [6.07, 6.45) is 10.7. The van der Waals surface area contributed by atoms with Crippen molar-refractivity contribution in [2.24, 2.45) is 23.7 Å². The van der Waals surface area contributed by atoms with E-state index in [4.69, 9.17) is 16.3 Å². The molecule has 4 bridgehead atoms. The number of hydrogen-bond donors (Lipinski definition) is 1. The fourth-order valence-corrected chi connectivity index (χ4v) is 7.58. The first-order valence-electron chi connectivity index (χ1n) is 11.2. The van der Waals surface area contributed by atoms with Gasteiger partial charge in [-0.25, -0.2) is 0 Å². The number of carbonyl (C=O) groups excluding carboxylic acids is 1. The van der Waals surface area contributed by atoms with Gasteiger partial charge in [-0.1, -0.05) is 36.6 Å². The molecule has 152 valence electrons. The lowest BCUT2D eigenvalue weighted by atomic mass is 9.49. The second kappa shape index (κ2) is 7.02. The second-order valence-electron chi connectivity index (χ2n) is 9.94. The van der Waals surface area contributed by atoms with Gasteiger partial charge in [0, 0.05) is 18.7 Å². The molecule has 0 spiro atoms. The molecule has 0 unspecified atom stereocenters. The van der Waals surface area contributed by atoms with Crippen LogP contribution in [0.15, 0.2) is 24.3 Å². The maximum absolute atomic E-state index is 13.5. The molecule has 6 rings (SSSR count). The highest BCUT2D eigenvalue weighted by Crippen LogP contribution is 2.59. The number of amides is 1. The van der Waals surface area contributed by atoms with Gasteiger partial charge in [0.05, 0.1) is 11.0 Å². The Kier molecular flexibility index (Phi) is 4.75. The molecule has 5 aliphatic rings. The highest BCUT2D eigenvalue weighted by Gasteiger charge is 2.58. The Morgan fingerprint density at radius 2 is 1.61 bits per heavy atom. The van der Waals surface area contributed by atoms with Crippen molar-refractivity contribution in [3.05, 3.63) is 34.9 Å². The van der Waals surface area contributed by atoms with Crippen LogP contribution in [0.25, 0.3) is 0 Å². The summed E-state index contributed by atoms with van der Waals surface area (Å²) in [6, 6.07) is 7.92. The van der Waals surface area contributed by atoms with Gasteiger partial charge >= 0.3 is 0 Å². The predicted octanol–water partition coefficient (Wildman–Crippen LogP) is 5.11. The van der Waals surface area contributed by atoms with Crippen LogP contribution in [0.5, 0.6) is 0 Å². The minimum atomic E-state index is -0.397. The third-order valence-electron chi connectivity index (χ3n) is 8.71. The lowest BCUT2D eigenvalue weighted by Gasteiger charge is -2.60. The molecule has 0 aliphatic heterocycles. The van der Waals surface area contributed by atoms with Crippen LogP contribution >= 0.6 is 11.6 Å². The van der Waals surface area contributed by atoms with E-state index in [1.165, 1.54) is 32.1 Å². The minimum absolute atomic E-state index is 0.150. The summed E-state index contributed by atoms with van der Waals surface area (Å²) in [4.78, 5) is 13.5. The van der Waals surface area contributed by atoms with E-state index in [1.807, 2.05) is 31.4 Å². The van der Waals surface area contributed by atoms with Crippen molar-refractivity contribution in [1.29, 1.82) is 0 Å². The van der Waals surface area contributed by atoms with Gasteiger partial charge in [-0.15, -0.1) is 0 Å². The number of carbonyl (C=O) groups is 1. The zero-order chi connectivity index (χ0) is 19.4. The van der Waals surface area contributed by atoms with Gasteiger partial charge in [-0.05, 0) is 86.3 Å². The summed E-state index contributed by atoms with van der Waals surface area (Å²) >= 11 is 6.10. The fraction of sp³-hybridized carbons (Fsp3) is 0.708. The minimum Gasteiger partial charge on any atom is -0.376 e. The maximum Gasteiger partial charge on any atom is 0.230 e. The zero-order valence-corrected chi connectivity index (χ0v) is 17.6. The molecule has 0 heterocycles. The first-order chi connectivity index (χ1) is 13.6. The van der Waals surface area contributed by atoms with Crippen LogP contribution in [0, 0.1) is 23.7 Å². The van der Waals surface area contributed by atoms with Gasteiger partial charge in [0.25, 0.3) is 0 Å². The topological polar surface area (TPSA) is 38.3 Å². The quantitative estimate of drug-likeness (QED) is 0.744. The molecular formula is C24H32ClNO2. The molecule has 28 heavy (non-hydrogen) atoms. The lowest BCUT2D eigenvalue weighted by Crippen LogP contribution is -2.64. The van der Waals surface area contributed by atoms with Gasteiger partial charge in [0.2, 0.25) is 5.91 Å². The van der Waals surface area contributed by atoms with Gasteiger partial charge in [0.1, 0.15) is 0 Å². The normalized spacial score (nSPS) is 37.9. The number of rotatable bonds is 5. The van der Waals surface area contributed by atoms with Crippen LogP contribution in [-0.2, 0) is 14.9 Å². The standard InChI is InChI=1S/C24H32ClNO2/c1-28-24(19-11-16-10-17(13-19)14-20(24)12-16)15-26-22(27)23(8-2-3-9-23)18-4-6-21(25)7-5-18/h4-7,16-17,19-20H,2-3,8-15H2,1H3,(H,26,27). The second-order valence-corrected chi connectivity index (χ2v) is 10.4. The molecule has 5 aliphatic carbocycles. The van der Waals surface area contributed by atoms with Crippen molar-refractivity contribution in [3.8, 4) is 0 Å². The van der Waals surface area contributed by atoms with Crippen molar-refractivity contribution in [2.75, 3.05) is 13.7 Å². The van der Waals surface area contributed by atoms with Crippen molar-refractivity contribution < 1.29 is 9.53 Å². The Labute approximate surface area is 173 Å². The molecule has 1 N–H and O–H groups in total. The van der Waals surface area contributed by atoms with E-state index in [9.17, 15) is 4.79 Å². The Morgan fingerprint density at radius 3 is 2.14 bits per heavy atom. The average molecular weight is 402 g/mol. The molecule has 1 aromatic carbocycles. The monoisotopic (exact) mass is 401 g/mol. The Bertz CT molecular complexity index is 709. The average Bonchev–Trinajstić information content (AvgIpc) is 3.19. The molecule has 0 saturated heterocycles. The van der Waals surface area contributed by atoms with Crippen molar-refractivity contribution in [2.45, 2.75) is 68.8 Å². The predicted molar refractivity (Wildman–Crippen MR) is 111 cm³/mol. The van der Waals surface area contributed by atoms with Gasteiger partial charge in [0.15, 0.2) is 0 Å². The third-order valence-corrected chi connectivity index (χ3v) is 8.97. The summed E-state index contributed by atoms with van der Waals surface area (Å²) < 4.78 is 6.25. The highest BCUT2D eigenvalue weighted by molar-refractivity contribution is 6.30. The summed E-state index contributed by atoms with van der Waals surface area (Å²) in [5, 5.41) is 4.13. The summed E-state index contributed by atoms with van der Waals surface area (Å²) in [6.45, 7) is 0.673. The Hall–Kier alpha value is -1.06. The van der Waals surface area contributed by atoms with Crippen molar-refractivity contribution >= 4 is 17.5 Å². The lowest BCUT2D eigenvalue weighted by molar-refractivity contribution is -0.188. The van der Waals surface area contributed by atoms with E-state index < -0.39 is 5.41 Å². The number of ether oxygens (including phenoxy) is 1. The van der Waals surface area contributed by atoms with Gasteiger partial charge < -0.3 is 10.1 Å². The molecule has 5 saturated carbocycles. The highest BCUT2D eigenvalue weighted by atomic mass is 35.5. The smallest absolute Gasteiger partial charge is 0.230 e. The first kappa shape index (κ1) is 18.9. The summed E-state index contributed by atoms with van der Waals surface area (Å²) in [5.74, 6) is 3.22. The van der Waals surface area contributed by atoms with Crippen LogP contribution in [-0.4, -0.2) is 25.2 Å². The van der Waals surface area contributed by atoms with Crippen molar-refractivity contribution in [3.63, 3.8) is 0 Å². The SMILES string of the molecule is COC1(CNC(=O)C2(c3ccc(Cl)cc3)CCCC2)C2CC3CC(C2)CC1C3. The zero-order valence-electron chi connectivity index (χ0n) is 16.9. The maximum atomic E-state index is 13.5. The third kappa shape index (κ3) is 2.84. The molecule has 1 aromatic rings. The van der Waals surface area contributed by atoms with E-state index in [-0.39, 0.29) is 11.5 Å². The van der Waals surface area contributed by atoms with Gasteiger partial charge in [-0.2, -0.15) is 0 Å². The number of nitrogens with one attached hydrogen (secondary N) is 1. The van der Waals surface area contributed by atoms with Crippen LogP contribution in [0.4, 0.5) is 0 Å². The van der Waals surface area contributed by atoms with E-state index >= 15 is 0 Å². The van der Waals surface area contributed by atoms with E-state index in [1.54, 1.807) is 0 Å². The van der Waals surface area contributed by atoms with Crippen LogP contribution in [0.3, 0.4) is 0 Å². The molecule has 0 atom stereocenters. The molecule has 4 heteroatoms. The molecule has 3 nitrogen and oxygen atoms in total. The number of benzene rings is 1. The Morgan fingerprint density at radius 1 is 1.04 bits per heavy atom. The number of halogens is 1. The molecule has 5 fully saturated rings. The molecule has 1 amide bonds. The largest absolute Gasteiger partial charge is 0.376 e. The van der Waals surface area contributed by atoms with Crippen LogP contribution < -0.4 is 5.32 Å². The number of hydrogen-bond acceptors (Lipinski definition) is 2. The van der Waals surface area contributed by atoms with Gasteiger partial charge in [-0.3, -0.25) is 4.79 Å². The Balaban J connectivity index is 1.36. The summed E-state index contributed by atoms with van der Waals surface area (Å²) in [7, 11) is 1.87. The molecular weight excluding hydrogens is 370 g/mol.